The van der Waals surface area contributed by atoms with Crippen LogP contribution in [0.3, 0.4) is 0 Å². The van der Waals surface area contributed by atoms with Crippen LogP contribution in [0, 0.1) is 41.5 Å². The summed E-state index contributed by atoms with van der Waals surface area (Å²) in [7, 11) is 0. The monoisotopic (exact) mass is 988 g/mol. The molecule has 9 aromatic carbocycles. The fourth-order valence-electron chi connectivity index (χ4n) is 15.0. The summed E-state index contributed by atoms with van der Waals surface area (Å²) >= 11 is 0. The van der Waals surface area contributed by atoms with E-state index >= 15 is 0 Å². The third-order valence-corrected chi connectivity index (χ3v) is 18.6. The van der Waals surface area contributed by atoms with E-state index in [0.29, 0.717) is 0 Å². The molecule has 0 radical (unpaired) electrons. The maximum absolute atomic E-state index is 2.82. The first-order valence-corrected chi connectivity index (χ1v) is 28.3. The Morgan fingerprint density at radius 1 is 0.382 bits per heavy atom. The zero-order valence-corrected chi connectivity index (χ0v) is 48.7. The molecule has 1 unspecified atom stereocenters. The zero-order valence-electron chi connectivity index (χ0n) is 48.7. The molecule has 1 nitrogen and oxygen atoms in total. The van der Waals surface area contributed by atoms with Gasteiger partial charge in [0.05, 0.1) is 0 Å². The van der Waals surface area contributed by atoms with E-state index in [-0.39, 0.29) is 41.0 Å². The van der Waals surface area contributed by atoms with Gasteiger partial charge in [0.1, 0.15) is 0 Å². The molecule has 378 valence electrons. The van der Waals surface area contributed by atoms with Crippen LogP contribution in [-0.2, 0) is 21.7 Å². The van der Waals surface area contributed by atoms with Crippen molar-refractivity contribution in [2.24, 2.45) is 0 Å². The van der Waals surface area contributed by atoms with E-state index in [2.05, 4.69) is 250 Å². The zero-order chi connectivity index (χ0) is 53.8. The summed E-state index contributed by atoms with van der Waals surface area (Å²) in [6.07, 6.45) is 0. The van der Waals surface area contributed by atoms with Crippen LogP contribution in [0.5, 0.6) is 0 Å². The number of benzene rings is 9. The Bertz CT molecular complexity index is 4170. The van der Waals surface area contributed by atoms with Gasteiger partial charge in [0.2, 0.25) is 6.71 Å². The number of fused-ring (bicyclic) bond motifs is 15. The van der Waals surface area contributed by atoms with Gasteiger partial charge in [-0.1, -0.05) is 212 Å². The van der Waals surface area contributed by atoms with Gasteiger partial charge >= 0.3 is 6.85 Å². The predicted molar refractivity (Wildman–Crippen MR) is 334 cm³/mol. The second-order valence-corrected chi connectivity index (χ2v) is 28.1. The van der Waals surface area contributed by atoms with Crippen LogP contribution in [0.4, 0.5) is 0 Å². The molecule has 0 bridgehead atoms. The summed E-state index contributed by atoms with van der Waals surface area (Å²) in [5.74, 6) is 0.118. The molecular formula is C73H75B2N. The Kier molecular flexibility index (Phi) is 10.3. The largest absolute Gasteiger partial charge is 0.375 e. The van der Waals surface area contributed by atoms with E-state index in [9.17, 15) is 0 Å². The SMILES string of the molecule is Cc1cc(C)c(B2c3c(c4c(c5cc6ccccc6cc35)B(c3c(C)cc(C)cc3C)n3c5ccc(C(C)(C)C)cc5c5cc(C(C)(C)C)cc-4c53)-c3cc(C(C)(C)C)cc4c3C2c2ccc(C(C)(C)C)cc2-4)c(C)c1. The van der Waals surface area contributed by atoms with Crippen molar-refractivity contribution in [3.63, 3.8) is 0 Å². The van der Waals surface area contributed by atoms with Crippen molar-refractivity contribution in [2.45, 2.75) is 152 Å². The normalized spacial score (nSPS) is 15.1. The lowest BCUT2D eigenvalue weighted by atomic mass is 9.27. The molecule has 1 aliphatic carbocycles. The minimum atomic E-state index is -0.113. The summed E-state index contributed by atoms with van der Waals surface area (Å²) in [6, 6.07) is 49.9. The van der Waals surface area contributed by atoms with E-state index in [1.54, 1.807) is 0 Å². The molecule has 2 aliphatic heterocycles. The van der Waals surface area contributed by atoms with E-state index < -0.39 is 0 Å². The second kappa shape index (κ2) is 16.0. The van der Waals surface area contributed by atoms with Crippen molar-refractivity contribution >= 4 is 78.8 Å². The molecule has 0 saturated carbocycles. The van der Waals surface area contributed by atoms with Gasteiger partial charge in [-0.15, -0.1) is 0 Å². The quantitative estimate of drug-likeness (QED) is 0.120. The number of rotatable bonds is 2. The highest BCUT2D eigenvalue weighted by molar-refractivity contribution is 6.94. The average Bonchev–Trinajstić information content (AvgIpc) is 3.83. The van der Waals surface area contributed by atoms with Gasteiger partial charge in [0.15, 0.2) is 0 Å². The lowest BCUT2D eigenvalue weighted by Crippen LogP contribution is -2.57. The maximum atomic E-state index is 2.82. The molecular weight excluding hydrogens is 912 g/mol. The first-order valence-electron chi connectivity index (χ1n) is 28.3. The highest BCUT2D eigenvalue weighted by Crippen LogP contribution is 2.57. The topological polar surface area (TPSA) is 4.93 Å². The van der Waals surface area contributed by atoms with Crippen LogP contribution in [-0.4, -0.2) is 18.0 Å². The molecule has 0 saturated heterocycles. The Balaban J connectivity index is 1.35. The highest BCUT2D eigenvalue weighted by Gasteiger charge is 2.50. The molecule has 0 spiro atoms. The molecule has 3 heteroatoms. The summed E-state index contributed by atoms with van der Waals surface area (Å²) in [5.41, 5.74) is 33.3. The number of hydrogen-bond donors (Lipinski definition) is 0. The first kappa shape index (κ1) is 49.0. The van der Waals surface area contributed by atoms with Crippen molar-refractivity contribution < 1.29 is 0 Å². The Labute approximate surface area is 454 Å². The number of aromatic nitrogens is 1. The van der Waals surface area contributed by atoms with Crippen LogP contribution < -0.4 is 21.9 Å². The van der Waals surface area contributed by atoms with Gasteiger partial charge < -0.3 is 4.48 Å². The molecule has 13 rings (SSSR count). The predicted octanol–water partition coefficient (Wildman–Crippen LogP) is 16.7. The molecule has 10 aromatic rings. The lowest BCUT2D eigenvalue weighted by molar-refractivity contribution is 0.589. The Hall–Kier alpha value is -6.57. The van der Waals surface area contributed by atoms with E-state index in [0.717, 1.165) is 0 Å². The van der Waals surface area contributed by atoms with E-state index in [4.69, 9.17) is 0 Å². The van der Waals surface area contributed by atoms with Crippen LogP contribution in [0.15, 0.2) is 121 Å². The smallest absolute Gasteiger partial charge is 0.330 e. The molecule has 3 aliphatic rings. The minimum Gasteiger partial charge on any atom is -0.375 e. The Morgan fingerprint density at radius 2 is 0.842 bits per heavy atom. The van der Waals surface area contributed by atoms with Crippen LogP contribution in [0.1, 0.15) is 156 Å². The highest BCUT2D eigenvalue weighted by atomic mass is 14.9. The van der Waals surface area contributed by atoms with Gasteiger partial charge in [-0.25, -0.2) is 0 Å². The summed E-state index contributed by atoms with van der Waals surface area (Å²) < 4.78 is 2.82. The summed E-state index contributed by atoms with van der Waals surface area (Å²) in [5, 5.41) is 8.04. The van der Waals surface area contributed by atoms with Crippen molar-refractivity contribution in [2.75, 3.05) is 0 Å². The number of nitrogens with zero attached hydrogens (tertiary/aromatic N) is 1. The molecule has 3 heterocycles. The van der Waals surface area contributed by atoms with Gasteiger partial charge in [-0.05, 0) is 199 Å². The van der Waals surface area contributed by atoms with Crippen molar-refractivity contribution in [1.82, 2.24) is 4.48 Å². The molecule has 0 amide bonds. The second-order valence-electron chi connectivity index (χ2n) is 28.1. The first-order chi connectivity index (χ1) is 35.7. The summed E-state index contributed by atoms with van der Waals surface area (Å²) in [4.78, 5) is 0. The van der Waals surface area contributed by atoms with Crippen LogP contribution in [0.25, 0.3) is 76.7 Å². The van der Waals surface area contributed by atoms with E-state index in [1.807, 2.05) is 0 Å². The Morgan fingerprint density at radius 3 is 1.42 bits per heavy atom. The minimum absolute atomic E-state index is 0.00243. The molecule has 1 atom stereocenters. The van der Waals surface area contributed by atoms with Gasteiger partial charge in [0.25, 0.3) is 0 Å². The molecule has 0 N–H and O–H groups in total. The third kappa shape index (κ3) is 6.98. The number of hydrogen-bond acceptors (Lipinski definition) is 0. The van der Waals surface area contributed by atoms with Crippen LogP contribution >= 0.6 is 0 Å². The number of aryl methyl sites for hydroxylation is 6. The summed E-state index contributed by atoms with van der Waals surface area (Å²) in [6.45, 7) is 42.8. The van der Waals surface area contributed by atoms with Gasteiger partial charge in [-0.3, -0.25) is 0 Å². The average molecular weight is 988 g/mol. The molecule has 0 fully saturated rings. The molecule has 76 heavy (non-hydrogen) atoms. The maximum Gasteiger partial charge on any atom is 0.330 e. The lowest BCUT2D eigenvalue weighted by Gasteiger charge is -2.40. The van der Waals surface area contributed by atoms with E-state index in [1.165, 1.54) is 165 Å². The van der Waals surface area contributed by atoms with Crippen molar-refractivity contribution in [3.8, 4) is 33.4 Å². The third-order valence-electron chi connectivity index (χ3n) is 18.6. The van der Waals surface area contributed by atoms with Crippen molar-refractivity contribution in [1.29, 1.82) is 0 Å². The fourth-order valence-corrected chi connectivity index (χ4v) is 15.0. The molecule has 1 aromatic heterocycles. The fraction of sp³-hybridized carbons (Fsp3) is 0.315. The van der Waals surface area contributed by atoms with Gasteiger partial charge in [0, 0.05) is 27.4 Å². The van der Waals surface area contributed by atoms with Crippen LogP contribution in [0.2, 0.25) is 0 Å². The standard InChI is InChI=1S/C73H75B2N/c1-39-27-41(3)64(42(4)28-39)74-66-51-25-23-47(70(7,8)9)33-52(51)54-35-49(72(13,14)15)37-58(61(54)66)62-63-59-38-50(73(16,17)18)36-57-53-34-48(71(10,11)12)24-26-60(53)76(69(57)59)75(65-43(5)29-40(2)30-44(65)6)68(63)56-32-46-22-20-19-21-45(46)31-55(56)67(62)74/h19-38,66H,1-18H3. The van der Waals surface area contributed by atoms with Crippen molar-refractivity contribution in [3.05, 3.63) is 188 Å². The van der Waals surface area contributed by atoms with Gasteiger partial charge in [-0.2, -0.15) is 0 Å².